The maximum atomic E-state index is 13.1. The normalized spacial score (nSPS) is 12.9. The monoisotopic (exact) mass is 681 g/mol. The Labute approximate surface area is 284 Å². The van der Waals surface area contributed by atoms with E-state index in [-0.39, 0.29) is 45.7 Å². The minimum absolute atomic E-state index is 0.0502. The zero-order valence-electron chi connectivity index (χ0n) is 30.2. The van der Waals surface area contributed by atoms with Crippen LogP contribution in [0.25, 0.3) is 0 Å². The fraction of sp³-hybridized carbons (Fsp3) is 0.676. The first-order chi connectivity index (χ1) is 21.9. The number of methoxy groups -OCH3 is 1. The van der Waals surface area contributed by atoms with Crippen molar-refractivity contribution in [3.63, 3.8) is 0 Å². The number of ether oxygens (including phenoxy) is 4. The molecule has 1 rings (SSSR count). The number of carbonyl (C=O) groups is 5. The first kappa shape index (κ1) is 42.3. The molecule has 1 unspecified atom stereocenters. The molecule has 1 aromatic rings. The molecule has 48 heavy (non-hydrogen) atoms. The lowest BCUT2D eigenvalue weighted by atomic mass is 10.0. The quantitative estimate of drug-likeness (QED) is 0.161. The number of hydrogen-bond donors (Lipinski definition) is 2. The van der Waals surface area contributed by atoms with Gasteiger partial charge in [-0.3, -0.25) is 38.7 Å². The zero-order chi connectivity index (χ0) is 36.9. The molecule has 0 aromatic heterocycles. The Morgan fingerprint density at radius 2 is 1.04 bits per heavy atom. The van der Waals surface area contributed by atoms with E-state index in [0.717, 1.165) is 5.56 Å². The van der Waals surface area contributed by atoms with Gasteiger partial charge in [-0.2, -0.15) is 0 Å². The summed E-state index contributed by atoms with van der Waals surface area (Å²) in [6, 6.07) is 6.54. The largest absolute Gasteiger partial charge is 0.497 e. The van der Waals surface area contributed by atoms with E-state index in [2.05, 4.69) is 0 Å². The van der Waals surface area contributed by atoms with Gasteiger partial charge in [-0.15, -0.1) is 0 Å². The second-order valence-corrected chi connectivity index (χ2v) is 14.6. The summed E-state index contributed by atoms with van der Waals surface area (Å²) in [7, 11) is 1.54. The molecule has 0 fully saturated rings. The number of carboxylic acids is 2. The molecule has 14 nitrogen and oxygen atoms in total. The minimum Gasteiger partial charge on any atom is -0.497 e. The van der Waals surface area contributed by atoms with Crippen molar-refractivity contribution >= 4 is 29.8 Å². The van der Waals surface area contributed by atoms with Crippen LogP contribution in [0.4, 0.5) is 0 Å². The lowest BCUT2D eigenvalue weighted by molar-refractivity contribution is -0.159. The molecular formula is C34H55N3O11. The van der Waals surface area contributed by atoms with Gasteiger partial charge >= 0.3 is 29.8 Å². The second kappa shape index (κ2) is 18.7. The third kappa shape index (κ3) is 19.8. The van der Waals surface area contributed by atoms with E-state index in [9.17, 15) is 34.2 Å². The van der Waals surface area contributed by atoms with Crippen LogP contribution in [-0.2, 0) is 44.6 Å². The van der Waals surface area contributed by atoms with E-state index in [4.69, 9.17) is 18.9 Å². The van der Waals surface area contributed by atoms with Crippen molar-refractivity contribution in [2.75, 3.05) is 59.5 Å². The molecule has 0 aliphatic carbocycles. The van der Waals surface area contributed by atoms with Gasteiger partial charge in [0.15, 0.2) is 0 Å². The van der Waals surface area contributed by atoms with Crippen molar-refractivity contribution in [3.8, 4) is 5.75 Å². The molecule has 0 saturated heterocycles. The number of hydrogen-bond acceptors (Lipinski definition) is 12. The third-order valence-electron chi connectivity index (χ3n) is 6.34. The Bertz CT molecular complexity index is 1210. The third-order valence-corrected chi connectivity index (χ3v) is 6.34. The number of carbonyl (C=O) groups excluding carboxylic acids is 3. The number of aliphatic carboxylic acids is 2. The number of rotatable bonds is 19. The number of carboxylic acid groups (broad SMARTS) is 2. The topological polar surface area (TPSA) is 172 Å². The fourth-order valence-electron chi connectivity index (χ4n) is 4.70. The summed E-state index contributed by atoms with van der Waals surface area (Å²) in [6.07, 6.45) is 0.279. The maximum Gasteiger partial charge on any atom is 0.320 e. The van der Waals surface area contributed by atoms with Crippen LogP contribution in [0, 0.1) is 0 Å². The average molecular weight is 682 g/mol. The highest BCUT2D eigenvalue weighted by Crippen LogP contribution is 2.18. The highest BCUT2D eigenvalue weighted by Gasteiger charge is 2.30. The molecule has 1 atom stereocenters. The van der Waals surface area contributed by atoms with E-state index in [1.807, 2.05) is 12.1 Å². The van der Waals surface area contributed by atoms with E-state index >= 15 is 0 Å². The van der Waals surface area contributed by atoms with Gasteiger partial charge in [0.2, 0.25) is 0 Å². The molecular weight excluding hydrogens is 626 g/mol. The Morgan fingerprint density at radius 1 is 0.625 bits per heavy atom. The van der Waals surface area contributed by atoms with E-state index in [1.54, 1.807) is 79.3 Å². The Balaban J connectivity index is 3.50. The molecule has 0 heterocycles. The Hall–Kier alpha value is -3.75. The van der Waals surface area contributed by atoms with Crippen molar-refractivity contribution in [2.45, 2.75) is 91.6 Å². The van der Waals surface area contributed by atoms with Gasteiger partial charge in [0.05, 0.1) is 39.8 Å². The second-order valence-electron chi connectivity index (χ2n) is 14.6. The van der Waals surface area contributed by atoms with Gasteiger partial charge in [-0.1, -0.05) is 12.1 Å². The van der Waals surface area contributed by atoms with Gasteiger partial charge in [0.25, 0.3) is 0 Å². The van der Waals surface area contributed by atoms with Gasteiger partial charge in [0.1, 0.15) is 22.6 Å². The van der Waals surface area contributed by atoms with Crippen LogP contribution in [0.3, 0.4) is 0 Å². The fourth-order valence-corrected chi connectivity index (χ4v) is 4.70. The SMILES string of the molecule is COc1ccc(CC(CN(CCN(CC(=O)O)CC(=O)OC(C)(C)C)CC(=O)OC(C)(C)C)N(CC(=O)O)CC(=O)OC(C)(C)C)cc1. The summed E-state index contributed by atoms with van der Waals surface area (Å²) in [6.45, 7) is 13.8. The molecule has 0 radical (unpaired) electrons. The minimum atomic E-state index is -1.16. The van der Waals surface area contributed by atoms with Crippen LogP contribution >= 0.6 is 0 Å². The predicted octanol–water partition coefficient (Wildman–Crippen LogP) is 2.71. The summed E-state index contributed by atoms with van der Waals surface area (Å²) in [5.41, 5.74) is -1.55. The van der Waals surface area contributed by atoms with Crippen LogP contribution in [0.1, 0.15) is 67.9 Å². The summed E-state index contributed by atoms with van der Waals surface area (Å²) in [4.78, 5) is 66.9. The molecule has 1 aromatic carbocycles. The summed E-state index contributed by atoms with van der Waals surface area (Å²) in [5, 5.41) is 19.4. The zero-order valence-corrected chi connectivity index (χ0v) is 30.2. The molecule has 0 spiro atoms. The first-order valence-corrected chi connectivity index (χ1v) is 15.9. The van der Waals surface area contributed by atoms with Gasteiger partial charge in [-0.05, 0) is 86.4 Å². The molecule has 0 aliphatic heterocycles. The van der Waals surface area contributed by atoms with Gasteiger partial charge in [0, 0.05) is 25.7 Å². The lowest BCUT2D eigenvalue weighted by Crippen LogP contribution is -2.52. The highest BCUT2D eigenvalue weighted by atomic mass is 16.6. The van der Waals surface area contributed by atoms with Crippen LogP contribution in [-0.4, -0.2) is 137 Å². The average Bonchev–Trinajstić information content (AvgIpc) is 2.87. The summed E-state index contributed by atoms with van der Waals surface area (Å²) in [5.74, 6) is -3.47. The molecule has 2 N–H and O–H groups in total. The molecule has 0 aliphatic rings. The Morgan fingerprint density at radius 3 is 1.46 bits per heavy atom. The van der Waals surface area contributed by atoms with Crippen molar-refractivity contribution in [2.24, 2.45) is 0 Å². The van der Waals surface area contributed by atoms with Crippen LogP contribution in [0.2, 0.25) is 0 Å². The molecule has 0 saturated carbocycles. The van der Waals surface area contributed by atoms with Crippen LogP contribution in [0.5, 0.6) is 5.75 Å². The lowest BCUT2D eigenvalue weighted by Gasteiger charge is -2.35. The smallest absolute Gasteiger partial charge is 0.320 e. The summed E-state index contributed by atoms with van der Waals surface area (Å²) < 4.78 is 21.7. The van der Waals surface area contributed by atoms with E-state index in [0.29, 0.717) is 5.75 Å². The van der Waals surface area contributed by atoms with Crippen LogP contribution in [0.15, 0.2) is 24.3 Å². The first-order valence-electron chi connectivity index (χ1n) is 15.9. The van der Waals surface area contributed by atoms with Gasteiger partial charge < -0.3 is 29.2 Å². The predicted molar refractivity (Wildman–Crippen MR) is 178 cm³/mol. The van der Waals surface area contributed by atoms with Crippen molar-refractivity contribution in [1.82, 2.24) is 14.7 Å². The van der Waals surface area contributed by atoms with Crippen molar-refractivity contribution < 1.29 is 53.1 Å². The van der Waals surface area contributed by atoms with Crippen molar-refractivity contribution in [1.29, 1.82) is 0 Å². The number of nitrogens with zero attached hydrogens (tertiary/aromatic N) is 3. The summed E-state index contributed by atoms with van der Waals surface area (Å²) >= 11 is 0. The van der Waals surface area contributed by atoms with E-state index < -0.39 is 65.8 Å². The maximum absolute atomic E-state index is 13.1. The Kier molecular flexibility index (Phi) is 16.5. The van der Waals surface area contributed by atoms with Crippen molar-refractivity contribution in [3.05, 3.63) is 29.8 Å². The molecule has 272 valence electrons. The number of esters is 3. The highest BCUT2D eigenvalue weighted by molar-refractivity contribution is 5.75. The molecule has 0 bridgehead atoms. The number of benzene rings is 1. The standard InChI is InChI=1S/C34H55N3O11/c1-32(2,3)46-29(42)21-35(15-16-36(19-27(38)39)22-30(43)47-33(4,5)6)18-25(17-24-11-13-26(45-10)14-12-24)37(20-28(40)41)23-31(44)48-34(7,8)9/h11-14,25H,15-23H2,1-10H3,(H,38,39)(H,40,41). The van der Waals surface area contributed by atoms with Gasteiger partial charge in [-0.25, -0.2) is 0 Å². The van der Waals surface area contributed by atoms with Crippen LogP contribution < -0.4 is 4.74 Å². The molecule has 0 amide bonds. The van der Waals surface area contributed by atoms with E-state index in [1.165, 1.54) is 16.9 Å². The molecule has 14 heteroatoms.